The summed E-state index contributed by atoms with van der Waals surface area (Å²) in [7, 11) is 1.65. The smallest absolute Gasteiger partial charge is 0.314 e. The van der Waals surface area contributed by atoms with E-state index in [9.17, 15) is 19.6 Å². The van der Waals surface area contributed by atoms with Crippen LogP contribution in [0.3, 0.4) is 0 Å². The van der Waals surface area contributed by atoms with Crippen LogP contribution < -0.4 is 10.6 Å². The summed E-state index contributed by atoms with van der Waals surface area (Å²) >= 11 is 0. The maximum Gasteiger partial charge on any atom is 0.314 e. The molecule has 208 valence electrons. The van der Waals surface area contributed by atoms with Gasteiger partial charge in [-0.3, -0.25) is 9.59 Å². The summed E-state index contributed by atoms with van der Waals surface area (Å²) in [4.78, 5) is 39.6. The van der Waals surface area contributed by atoms with Gasteiger partial charge in [0.2, 0.25) is 0 Å². The minimum absolute atomic E-state index is 0.0352. The Bertz CT molecular complexity index is 1140. The zero-order valence-electron chi connectivity index (χ0n) is 24.7. The molecular weight excluding hydrogens is 474 g/mol. The molecule has 0 spiro atoms. The van der Waals surface area contributed by atoms with Crippen LogP contribution in [-0.2, 0) is 9.59 Å². The number of hydrogen-bond donors (Lipinski definition) is 2. The number of carbonyl (C=O) groups is 3. The lowest BCUT2D eigenvalue weighted by Crippen LogP contribution is -2.60. The number of Topliss-reactive ketones (excluding diaryl/α,β-unsaturated/α-hetero) is 1. The molecule has 0 saturated heterocycles. The first-order valence-corrected chi connectivity index (χ1v) is 14.5. The average Bonchev–Trinajstić information content (AvgIpc) is 2.84. The van der Waals surface area contributed by atoms with Crippen molar-refractivity contribution in [2.45, 2.75) is 106 Å². The quantitative estimate of drug-likeness (QED) is 0.424. The van der Waals surface area contributed by atoms with Crippen molar-refractivity contribution in [1.82, 2.24) is 10.6 Å². The highest BCUT2D eigenvalue weighted by molar-refractivity contribution is 6.04. The number of nitrogens with zero attached hydrogens (tertiary/aromatic N) is 1. The number of allylic oxidation sites excluding steroid dienone is 4. The second-order valence-electron chi connectivity index (χ2n) is 14.6. The van der Waals surface area contributed by atoms with Gasteiger partial charge in [0.05, 0.1) is 5.57 Å². The van der Waals surface area contributed by atoms with E-state index < -0.39 is 10.8 Å². The van der Waals surface area contributed by atoms with Gasteiger partial charge in [0.15, 0.2) is 11.6 Å². The number of nitriles is 1. The van der Waals surface area contributed by atoms with Crippen LogP contribution in [0.15, 0.2) is 23.3 Å². The molecule has 0 aromatic carbocycles. The molecule has 38 heavy (non-hydrogen) atoms. The molecule has 4 aliphatic rings. The predicted molar refractivity (Wildman–Crippen MR) is 149 cm³/mol. The number of fused-ring (bicyclic) bond motifs is 5. The van der Waals surface area contributed by atoms with Crippen molar-refractivity contribution in [1.29, 1.82) is 5.26 Å². The maximum atomic E-state index is 14.1. The number of carbonyl (C=O) groups excluding carboxylic acids is 3. The van der Waals surface area contributed by atoms with Gasteiger partial charge in [-0.25, -0.2) is 4.79 Å². The topological polar surface area (TPSA) is 99.1 Å². The molecule has 0 bridgehead atoms. The Morgan fingerprint density at radius 1 is 0.947 bits per heavy atom. The zero-order chi connectivity index (χ0) is 28.3. The highest BCUT2D eigenvalue weighted by Gasteiger charge is 2.65. The number of urea groups is 1. The average molecular weight is 522 g/mol. The lowest BCUT2D eigenvalue weighted by Gasteiger charge is -2.64. The molecule has 6 nitrogen and oxygen atoms in total. The molecule has 0 aromatic heterocycles. The Morgan fingerprint density at radius 2 is 1.58 bits per heavy atom. The summed E-state index contributed by atoms with van der Waals surface area (Å²) in [5.41, 5.74) is -0.358. The lowest BCUT2D eigenvalue weighted by molar-refractivity contribution is -0.139. The summed E-state index contributed by atoms with van der Waals surface area (Å²) in [6.45, 7) is 15.3. The van der Waals surface area contributed by atoms with E-state index in [0.717, 1.165) is 56.9 Å². The molecule has 0 aliphatic heterocycles. The third kappa shape index (κ3) is 4.25. The van der Waals surface area contributed by atoms with Gasteiger partial charge in [0, 0.05) is 29.8 Å². The number of ketones is 2. The van der Waals surface area contributed by atoms with E-state index in [1.807, 2.05) is 26.0 Å². The molecule has 6 heteroatoms. The molecule has 2 N–H and O–H groups in total. The number of hydrogen-bond acceptors (Lipinski definition) is 4. The third-order valence-corrected chi connectivity index (χ3v) is 11.6. The Morgan fingerprint density at radius 3 is 2.21 bits per heavy atom. The van der Waals surface area contributed by atoms with Crippen molar-refractivity contribution in [2.24, 2.45) is 38.9 Å². The van der Waals surface area contributed by atoms with Gasteiger partial charge in [0.1, 0.15) is 6.07 Å². The molecule has 0 aromatic rings. The highest BCUT2D eigenvalue weighted by atomic mass is 16.2. The maximum absolute atomic E-state index is 14.1. The number of amides is 2. The zero-order valence-corrected chi connectivity index (χ0v) is 24.7. The van der Waals surface area contributed by atoms with E-state index in [4.69, 9.17) is 0 Å². The first-order chi connectivity index (χ1) is 17.6. The van der Waals surface area contributed by atoms with Gasteiger partial charge < -0.3 is 10.6 Å². The van der Waals surface area contributed by atoms with Gasteiger partial charge in [0.25, 0.3) is 0 Å². The van der Waals surface area contributed by atoms with E-state index in [-0.39, 0.29) is 57.3 Å². The summed E-state index contributed by atoms with van der Waals surface area (Å²) in [5.74, 6) is 0.0534. The summed E-state index contributed by atoms with van der Waals surface area (Å²) in [5, 5.41) is 15.8. The van der Waals surface area contributed by atoms with Gasteiger partial charge in [-0.1, -0.05) is 60.1 Å². The third-order valence-electron chi connectivity index (χ3n) is 11.6. The van der Waals surface area contributed by atoms with E-state index in [0.29, 0.717) is 0 Å². The molecule has 0 heterocycles. The first kappa shape index (κ1) is 28.6. The second-order valence-corrected chi connectivity index (χ2v) is 14.6. The molecule has 2 amide bonds. The van der Waals surface area contributed by atoms with Crippen molar-refractivity contribution in [3.8, 4) is 6.07 Å². The van der Waals surface area contributed by atoms with Gasteiger partial charge in [-0.05, 0) is 79.6 Å². The Balaban J connectivity index is 1.84. The minimum Gasteiger partial charge on any atom is -0.341 e. The van der Waals surface area contributed by atoms with Crippen molar-refractivity contribution in [3.05, 3.63) is 23.3 Å². The van der Waals surface area contributed by atoms with E-state index in [1.165, 1.54) is 0 Å². The second kappa shape index (κ2) is 9.35. The van der Waals surface area contributed by atoms with Crippen LogP contribution >= 0.6 is 0 Å². The van der Waals surface area contributed by atoms with Gasteiger partial charge in [-0.2, -0.15) is 5.26 Å². The predicted octanol–water partition coefficient (Wildman–Crippen LogP) is 6.28. The van der Waals surface area contributed by atoms with Gasteiger partial charge in [-0.15, -0.1) is 0 Å². The summed E-state index contributed by atoms with van der Waals surface area (Å²) < 4.78 is 0. The SMILES string of the molecule is CNC(=O)N[C@H]1CCC(C)(C)CCC2C(=O)C=C3[C@@]4(C)C=C(C#N)C(=O)C(C)(C)[C@@H]4CC[C@@]3(C)[C@]2(C)CC1. The molecule has 4 rings (SSSR count). The molecule has 1 unspecified atom stereocenters. The van der Waals surface area contributed by atoms with Crippen molar-refractivity contribution < 1.29 is 14.4 Å². The van der Waals surface area contributed by atoms with Crippen molar-refractivity contribution in [2.75, 3.05) is 7.05 Å². The van der Waals surface area contributed by atoms with Crippen molar-refractivity contribution >= 4 is 17.6 Å². The fourth-order valence-electron chi connectivity index (χ4n) is 8.90. The normalized spacial score (nSPS) is 40.2. The van der Waals surface area contributed by atoms with E-state index >= 15 is 0 Å². The Hall–Kier alpha value is -2.42. The minimum atomic E-state index is -0.666. The van der Waals surface area contributed by atoms with E-state index in [2.05, 4.69) is 51.3 Å². The Kier molecular flexibility index (Phi) is 7.03. The van der Waals surface area contributed by atoms with Crippen LogP contribution in [0, 0.1) is 50.2 Å². The van der Waals surface area contributed by atoms with Crippen LogP contribution in [0.5, 0.6) is 0 Å². The molecule has 6 atom stereocenters. The van der Waals surface area contributed by atoms with E-state index in [1.54, 1.807) is 7.05 Å². The molecule has 4 aliphatic carbocycles. The summed E-state index contributed by atoms with van der Waals surface area (Å²) in [6.07, 6.45) is 11.0. The number of rotatable bonds is 1. The highest BCUT2D eigenvalue weighted by Crippen LogP contribution is 2.70. The van der Waals surface area contributed by atoms with Crippen LogP contribution in [0.4, 0.5) is 4.79 Å². The fraction of sp³-hybridized carbons (Fsp3) is 0.750. The summed E-state index contributed by atoms with van der Waals surface area (Å²) in [6, 6.07) is 2.06. The fourth-order valence-corrected chi connectivity index (χ4v) is 8.90. The molecule has 2 fully saturated rings. The monoisotopic (exact) mass is 521 g/mol. The first-order valence-electron chi connectivity index (χ1n) is 14.5. The van der Waals surface area contributed by atoms with Crippen LogP contribution in [0.2, 0.25) is 0 Å². The van der Waals surface area contributed by atoms with Crippen LogP contribution in [0.1, 0.15) is 99.8 Å². The van der Waals surface area contributed by atoms with Gasteiger partial charge >= 0.3 is 6.03 Å². The Labute approximate surface area is 229 Å². The van der Waals surface area contributed by atoms with Crippen LogP contribution in [-0.4, -0.2) is 30.7 Å². The standard InChI is InChI=1S/C32H47N3O3/c1-28(2)13-9-21(35-27(38)34-8)10-15-31(6)22(11-14-28)23(36)17-25-30(5)18-20(19-33)26(37)29(3,4)24(30)12-16-32(25,31)7/h17-18,21-22,24H,9-16H2,1-8H3,(H2,34,35,38)/t21-,22?,24-,30-,31+,32+/m0/s1. The molecular formula is C32H47N3O3. The lowest BCUT2D eigenvalue weighted by atomic mass is 9.38. The van der Waals surface area contributed by atoms with Crippen LogP contribution in [0.25, 0.3) is 0 Å². The molecule has 2 saturated carbocycles. The largest absolute Gasteiger partial charge is 0.341 e. The molecule has 0 radical (unpaired) electrons. The number of nitrogens with one attached hydrogen (secondary N) is 2. The van der Waals surface area contributed by atoms with Crippen molar-refractivity contribution in [3.63, 3.8) is 0 Å².